The fourth-order valence-corrected chi connectivity index (χ4v) is 3.39. The average molecular weight is 340 g/mol. The summed E-state index contributed by atoms with van der Waals surface area (Å²) in [6.45, 7) is 5.80. The molecule has 132 valence electrons. The number of piperazine rings is 1. The monoisotopic (exact) mass is 340 g/mol. The molecule has 0 unspecified atom stereocenters. The molecule has 1 fully saturated rings. The molecule has 0 aliphatic carbocycles. The zero-order chi connectivity index (χ0) is 18.0. The molecule has 0 saturated carbocycles. The van der Waals surface area contributed by atoms with Crippen LogP contribution in [-0.2, 0) is 11.2 Å². The first-order valence-electron chi connectivity index (χ1n) is 8.55. The zero-order valence-corrected chi connectivity index (χ0v) is 15.0. The van der Waals surface area contributed by atoms with Gasteiger partial charge in [-0.25, -0.2) is 4.98 Å². The lowest BCUT2D eigenvalue weighted by atomic mass is 10.0. The highest BCUT2D eigenvalue weighted by atomic mass is 16.2. The van der Waals surface area contributed by atoms with Gasteiger partial charge in [-0.05, 0) is 26.5 Å². The summed E-state index contributed by atoms with van der Waals surface area (Å²) in [6.07, 6.45) is 0.0848. The molecule has 0 spiro atoms. The van der Waals surface area contributed by atoms with Gasteiger partial charge in [-0.15, -0.1) is 0 Å². The number of nitrogens with zero attached hydrogens (tertiary/aromatic N) is 3. The summed E-state index contributed by atoms with van der Waals surface area (Å²) < 4.78 is 0. The van der Waals surface area contributed by atoms with Crippen LogP contribution in [0.5, 0.6) is 0 Å². The van der Waals surface area contributed by atoms with Crippen LogP contribution in [0.2, 0.25) is 0 Å². The summed E-state index contributed by atoms with van der Waals surface area (Å²) in [6, 6.07) is 10.1. The van der Waals surface area contributed by atoms with Crippen molar-refractivity contribution in [1.82, 2.24) is 19.8 Å². The smallest absolute Gasteiger partial charge is 0.254 e. The molecule has 1 aliphatic rings. The number of hydrogen-bond donors (Lipinski definition) is 1. The van der Waals surface area contributed by atoms with Crippen molar-refractivity contribution < 1.29 is 4.79 Å². The Balaban J connectivity index is 1.86. The number of benzene rings is 1. The van der Waals surface area contributed by atoms with Crippen LogP contribution in [0.1, 0.15) is 28.7 Å². The minimum Gasteiger partial charge on any atom is -0.333 e. The highest BCUT2D eigenvalue weighted by Crippen LogP contribution is 2.25. The molecule has 1 amide bonds. The van der Waals surface area contributed by atoms with Gasteiger partial charge in [-0.2, -0.15) is 0 Å². The minimum atomic E-state index is -0.219. The minimum absolute atomic E-state index is 0.00486. The van der Waals surface area contributed by atoms with Crippen molar-refractivity contribution in [3.63, 3.8) is 0 Å². The Bertz CT molecular complexity index is 816. The number of amides is 1. The van der Waals surface area contributed by atoms with Gasteiger partial charge in [0.2, 0.25) is 5.91 Å². The van der Waals surface area contributed by atoms with Crippen LogP contribution in [-0.4, -0.2) is 52.4 Å². The van der Waals surface area contributed by atoms with Gasteiger partial charge in [0.1, 0.15) is 5.82 Å². The van der Waals surface area contributed by atoms with Crippen LogP contribution in [0.3, 0.4) is 0 Å². The van der Waals surface area contributed by atoms with Gasteiger partial charge in [0.05, 0.1) is 12.5 Å². The maximum Gasteiger partial charge on any atom is 0.254 e. The van der Waals surface area contributed by atoms with Crippen LogP contribution in [0.25, 0.3) is 0 Å². The van der Waals surface area contributed by atoms with Gasteiger partial charge in [0.25, 0.3) is 5.56 Å². The summed E-state index contributed by atoms with van der Waals surface area (Å²) in [5.41, 5.74) is 1.99. The van der Waals surface area contributed by atoms with Crippen LogP contribution in [0.4, 0.5) is 0 Å². The standard InChI is InChI=1S/C19H24N4O2/c1-13-16(19(25)21-14(2)20-13)11-18(24)23-10-9-22(3)12-17(23)15-7-5-4-6-8-15/h4-8,17H,9-12H2,1-3H3,(H,20,21,25)/t17-/m1/s1. The van der Waals surface area contributed by atoms with Gasteiger partial charge in [0.15, 0.2) is 0 Å². The van der Waals surface area contributed by atoms with Crippen LogP contribution in [0, 0.1) is 13.8 Å². The van der Waals surface area contributed by atoms with Crippen molar-refractivity contribution in [3.05, 3.63) is 63.3 Å². The highest BCUT2D eigenvalue weighted by Gasteiger charge is 2.30. The van der Waals surface area contributed by atoms with Crippen molar-refractivity contribution in [1.29, 1.82) is 0 Å². The normalized spacial score (nSPS) is 18.4. The number of carbonyl (C=O) groups excluding carboxylic acids is 1. The topological polar surface area (TPSA) is 69.3 Å². The lowest BCUT2D eigenvalue weighted by molar-refractivity contribution is -0.135. The first-order valence-corrected chi connectivity index (χ1v) is 8.55. The van der Waals surface area contributed by atoms with E-state index in [4.69, 9.17) is 0 Å². The van der Waals surface area contributed by atoms with E-state index in [1.165, 1.54) is 0 Å². The molecule has 1 saturated heterocycles. The number of nitrogens with one attached hydrogen (secondary N) is 1. The summed E-state index contributed by atoms with van der Waals surface area (Å²) in [5.74, 6) is 0.543. The van der Waals surface area contributed by atoms with Gasteiger partial charge in [0, 0.05) is 30.9 Å². The molecule has 0 bridgehead atoms. The van der Waals surface area contributed by atoms with E-state index < -0.39 is 0 Å². The third kappa shape index (κ3) is 3.79. The van der Waals surface area contributed by atoms with Gasteiger partial charge < -0.3 is 14.8 Å². The molecule has 2 heterocycles. The van der Waals surface area contributed by atoms with E-state index in [0.717, 1.165) is 18.7 Å². The molecule has 1 aromatic carbocycles. The van der Waals surface area contributed by atoms with E-state index in [1.54, 1.807) is 13.8 Å². The van der Waals surface area contributed by atoms with Crippen LogP contribution >= 0.6 is 0 Å². The Morgan fingerprint density at radius 2 is 1.96 bits per heavy atom. The second-order valence-corrected chi connectivity index (χ2v) is 6.67. The molecule has 0 radical (unpaired) electrons. The van der Waals surface area contributed by atoms with Gasteiger partial charge in [-0.3, -0.25) is 9.59 Å². The molecular formula is C19H24N4O2. The second kappa shape index (κ2) is 7.19. The Morgan fingerprint density at radius 3 is 2.64 bits per heavy atom. The van der Waals surface area contributed by atoms with Crippen molar-refractivity contribution in [2.45, 2.75) is 26.3 Å². The van der Waals surface area contributed by atoms with Crippen molar-refractivity contribution in [2.24, 2.45) is 0 Å². The number of likely N-dealkylation sites (N-methyl/N-ethyl adjacent to an activating group) is 1. The molecular weight excluding hydrogens is 316 g/mol. The number of aromatic nitrogens is 2. The summed E-state index contributed by atoms with van der Waals surface area (Å²) in [5, 5.41) is 0. The van der Waals surface area contributed by atoms with E-state index in [0.29, 0.717) is 23.6 Å². The Labute approximate surface area is 147 Å². The maximum atomic E-state index is 13.0. The molecule has 1 N–H and O–H groups in total. The molecule has 1 aromatic heterocycles. The second-order valence-electron chi connectivity index (χ2n) is 6.67. The quantitative estimate of drug-likeness (QED) is 0.918. The van der Waals surface area contributed by atoms with E-state index in [9.17, 15) is 9.59 Å². The highest BCUT2D eigenvalue weighted by molar-refractivity contribution is 5.79. The summed E-state index contributed by atoms with van der Waals surface area (Å²) in [4.78, 5) is 36.3. The fourth-order valence-electron chi connectivity index (χ4n) is 3.39. The Kier molecular flexibility index (Phi) is 4.99. The predicted molar refractivity (Wildman–Crippen MR) is 96.4 cm³/mol. The predicted octanol–water partition coefficient (Wildman–Crippen LogP) is 1.44. The molecule has 6 heteroatoms. The van der Waals surface area contributed by atoms with Crippen molar-refractivity contribution in [2.75, 3.05) is 26.7 Å². The Morgan fingerprint density at radius 1 is 1.24 bits per heavy atom. The summed E-state index contributed by atoms with van der Waals surface area (Å²) in [7, 11) is 2.07. The van der Waals surface area contributed by atoms with Crippen molar-refractivity contribution in [3.8, 4) is 0 Å². The molecule has 6 nitrogen and oxygen atoms in total. The average Bonchev–Trinajstić information content (AvgIpc) is 2.58. The number of carbonyl (C=O) groups is 1. The maximum absolute atomic E-state index is 13.0. The van der Waals surface area contributed by atoms with E-state index in [2.05, 4.69) is 34.0 Å². The number of H-pyrrole nitrogens is 1. The summed E-state index contributed by atoms with van der Waals surface area (Å²) >= 11 is 0. The van der Waals surface area contributed by atoms with Gasteiger partial charge in [-0.1, -0.05) is 30.3 Å². The van der Waals surface area contributed by atoms with E-state index in [1.807, 2.05) is 23.1 Å². The number of rotatable bonds is 3. The first kappa shape index (κ1) is 17.4. The fraction of sp³-hybridized carbons (Fsp3) is 0.421. The molecule has 1 atom stereocenters. The lowest BCUT2D eigenvalue weighted by Gasteiger charge is -2.40. The first-order chi connectivity index (χ1) is 12.0. The number of aryl methyl sites for hydroxylation is 2. The molecule has 2 aromatic rings. The molecule has 3 rings (SSSR count). The van der Waals surface area contributed by atoms with E-state index >= 15 is 0 Å². The van der Waals surface area contributed by atoms with Gasteiger partial charge >= 0.3 is 0 Å². The van der Waals surface area contributed by atoms with Crippen LogP contribution in [0.15, 0.2) is 35.1 Å². The largest absolute Gasteiger partial charge is 0.333 e. The molecule has 1 aliphatic heterocycles. The lowest BCUT2D eigenvalue weighted by Crippen LogP contribution is -2.50. The molecule has 25 heavy (non-hydrogen) atoms. The SMILES string of the molecule is Cc1nc(C)c(CC(=O)N2CCN(C)C[C@@H]2c2ccccc2)c(=O)[nH]1. The third-order valence-electron chi connectivity index (χ3n) is 4.76. The Hall–Kier alpha value is -2.47. The van der Waals surface area contributed by atoms with E-state index in [-0.39, 0.29) is 23.9 Å². The van der Waals surface area contributed by atoms with Crippen LogP contribution < -0.4 is 5.56 Å². The zero-order valence-electron chi connectivity index (χ0n) is 15.0. The third-order valence-corrected chi connectivity index (χ3v) is 4.76. The number of aromatic amines is 1. The number of hydrogen-bond acceptors (Lipinski definition) is 4. The van der Waals surface area contributed by atoms with Crippen molar-refractivity contribution >= 4 is 5.91 Å².